The highest BCUT2D eigenvalue weighted by Crippen LogP contribution is 2.25. The van der Waals surface area contributed by atoms with Crippen LogP contribution in [0.1, 0.15) is 12.5 Å². The number of hydrogen-bond donors (Lipinski definition) is 1. The van der Waals surface area contributed by atoms with Gasteiger partial charge in [-0.3, -0.25) is 0 Å². The monoisotopic (exact) mass is 263 g/mol. The van der Waals surface area contributed by atoms with Gasteiger partial charge in [-0.2, -0.15) is 0 Å². The third-order valence-corrected chi connectivity index (χ3v) is 3.13. The van der Waals surface area contributed by atoms with E-state index >= 15 is 0 Å². The van der Waals surface area contributed by atoms with Gasteiger partial charge in [0.25, 0.3) is 0 Å². The molecule has 18 heavy (non-hydrogen) atoms. The molecule has 0 atom stereocenters. The van der Waals surface area contributed by atoms with E-state index in [0.29, 0.717) is 11.7 Å². The van der Waals surface area contributed by atoms with Crippen LogP contribution in [0.15, 0.2) is 46.7 Å². The summed E-state index contributed by atoms with van der Waals surface area (Å²) in [5.41, 5.74) is 0.926. The van der Waals surface area contributed by atoms with Crippen LogP contribution in [0.5, 0.6) is 0 Å². The lowest BCUT2D eigenvalue weighted by molar-refractivity contribution is 0.617. The normalized spacial score (nSPS) is 10.6. The largest absolute Gasteiger partial charge is 0.313 e. The molecule has 2 aromatic rings. The molecule has 0 aliphatic heterocycles. The topological polar surface area (TPSA) is 37.8 Å². The SMILES string of the molecule is CCNCc1cc(F)cc(Sc2ncccn2)c1. The van der Waals surface area contributed by atoms with Crippen molar-refractivity contribution in [1.29, 1.82) is 0 Å². The number of nitrogens with one attached hydrogen (secondary N) is 1. The van der Waals surface area contributed by atoms with Gasteiger partial charge in [0, 0.05) is 23.8 Å². The van der Waals surface area contributed by atoms with Gasteiger partial charge >= 0.3 is 0 Å². The van der Waals surface area contributed by atoms with Crippen molar-refractivity contribution in [2.24, 2.45) is 0 Å². The van der Waals surface area contributed by atoms with Crippen molar-refractivity contribution in [3.8, 4) is 0 Å². The van der Waals surface area contributed by atoms with E-state index in [0.717, 1.165) is 17.0 Å². The van der Waals surface area contributed by atoms with Crippen LogP contribution in [0.25, 0.3) is 0 Å². The minimum atomic E-state index is -0.233. The van der Waals surface area contributed by atoms with Gasteiger partial charge in [0.15, 0.2) is 5.16 Å². The van der Waals surface area contributed by atoms with Gasteiger partial charge in [0.05, 0.1) is 0 Å². The maximum absolute atomic E-state index is 13.5. The van der Waals surface area contributed by atoms with Crippen molar-refractivity contribution in [1.82, 2.24) is 15.3 Å². The van der Waals surface area contributed by atoms with Crippen molar-refractivity contribution in [2.75, 3.05) is 6.54 Å². The first-order valence-corrected chi connectivity index (χ1v) is 6.54. The second-order valence-electron chi connectivity index (χ2n) is 3.71. The third kappa shape index (κ3) is 3.78. The lowest BCUT2D eigenvalue weighted by Gasteiger charge is -2.05. The summed E-state index contributed by atoms with van der Waals surface area (Å²) in [6.45, 7) is 3.55. The van der Waals surface area contributed by atoms with Crippen molar-refractivity contribution in [3.05, 3.63) is 48.0 Å². The zero-order valence-corrected chi connectivity index (χ0v) is 10.9. The highest BCUT2D eigenvalue weighted by atomic mass is 32.2. The first-order chi connectivity index (χ1) is 8.78. The summed E-state index contributed by atoms with van der Waals surface area (Å²) in [6, 6.07) is 6.74. The molecule has 0 amide bonds. The fraction of sp³-hybridized carbons (Fsp3) is 0.231. The molecule has 0 aliphatic rings. The first kappa shape index (κ1) is 13.0. The van der Waals surface area contributed by atoms with Crippen LogP contribution in [0.3, 0.4) is 0 Å². The summed E-state index contributed by atoms with van der Waals surface area (Å²) < 4.78 is 13.5. The average Bonchev–Trinajstić information content (AvgIpc) is 2.37. The van der Waals surface area contributed by atoms with Crippen molar-refractivity contribution in [3.63, 3.8) is 0 Å². The van der Waals surface area contributed by atoms with Crippen LogP contribution < -0.4 is 5.32 Å². The van der Waals surface area contributed by atoms with Crippen LogP contribution in [0.4, 0.5) is 4.39 Å². The second kappa shape index (κ2) is 6.47. The Morgan fingerprint density at radius 1 is 1.22 bits per heavy atom. The van der Waals surface area contributed by atoms with Crippen molar-refractivity contribution < 1.29 is 4.39 Å². The zero-order valence-electron chi connectivity index (χ0n) is 10.1. The molecule has 5 heteroatoms. The summed E-state index contributed by atoms with van der Waals surface area (Å²) in [7, 11) is 0. The Bertz CT molecular complexity index is 505. The smallest absolute Gasteiger partial charge is 0.192 e. The molecule has 0 fully saturated rings. The predicted octanol–water partition coefficient (Wildman–Crippen LogP) is 2.88. The van der Waals surface area contributed by atoms with E-state index < -0.39 is 0 Å². The van der Waals surface area contributed by atoms with Crippen LogP contribution in [-0.2, 0) is 6.54 Å². The van der Waals surface area contributed by atoms with Gasteiger partial charge in [0.2, 0.25) is 0 Å². The van der Waals surface area contributed by atoms with Crippen molar-refractivity contribution >= 4 is 11.8 Å². The minimum Gasteiger partial charge on any atom is -0.313 e. The molecule has 0 bridgehead atoms. The Labute approximate surface area is 110 Å². The summed E-state index contributed by atoms with van der Waals surface area (Å²) in [5.74, 6) is -0.233. The van der Waals surface area contributed by atoms with Gasteiger partial charge in [-0.1, -0.05) is 6.92 Å². The highest BCUT2D eigenvalue weighted by Gasteiger charge is 2.04. The lowest BCUT2D eigenvalue weighted by Crippen LogP contribution is -2.11. The van der Waals surface area contributed by atoms with Crippen molar-refractivity contribution in [2.45, 2.75) is 23.5 Å². The molecule has 0 radical (unpaired) electrons. The number of rotatable bonds is 5. The molecule has 1 N–H and O–H groups in total. The van der Waals surface area contributed by atoms with E-state index in [9.17, 15) is 4.39 Å². The molecule has 3 nitrogen and oxygen atoms in total. The molecule has 0 aliphatic carbocycles. The molecule has 0 spiro atoms. The third-order valence-electron chi connectivity index (χ3n) is 2.26. The van der Waals surface area contributed by atoms with E-state index in [2.05, 4.69) is 15.3 Å². The average molecular weight is 263 g/mol. The number of halogens is 1. The molecule has 1 aromatic heterocycles. The van der Waals surface area contributed by atoms with E-state index in [1.807, 2.05) is 13.0 Å². The van der Waals surface area contributed by atoms with E-state index in [4.69, 9.17) is 0 Å². The first-order valence-electron chi connectivity index (χ1n) is 5.73. The van der Waals surface area contributed by atoms with Crippen LogP contribution in [-0.4, -0.2) is 16.5 Å². The predicted molar refractivity (Wildman–Crippen MR) is 69.9 cm³/mol. The zero-order chi connectivity index (χ0) is 12.8. The quantitative estimate of drug-likeness (QED) is 0.842. The standard InChI is InChI=1S/C13H14FN3S/c1-2-15-9-10-6-11(14)8-12(7-10)18-13-16-4-3-5-17-13/h3-8,15H,2,9H2,1H3. The molecule has 1 aromatic carbocycles. The molecule has 1 heterocycles. The summed E-state index contributed by atoms with van der Waals surface area (Å²) >= 11 is 1.36. The fourth-order valence-electron chi connectivity index (χ4n) is 1.49. The Morgan fingerprint density at radius 3 is 2.72 bits per heavy atom. The Balaban J connectivity index is 2.15. The van der Waals surface area contributed by atoms with Gasteiger partial charge in [0.1, 0.15) is 5.82 Å². The second-order valence-corrected chi connectivity index (χ2v) is 4.75. The molecular formula is C13H14FN3S. The minimum absolute atomic E-state index is 0.233. The number of nitrogens with zero attached hydrogens (tertiary/aromatic N) is 2. The van der Waals surface area contributed by atoms with Gasteiger partial charge < -0.3 is 5.32 Å². The summed E-state index contributed by atoms with van der Waals surface area (Å²) in [6.07, 6.45) is 3.35. The Kier molecular flexibility index (Phi) is 4.66. The summed E-state index contributed by atoms with van der Waals surface area (Å²) in [4.78, 5) is 9.03. The van der Waals surface area contributed by atoms with Gasteiger partial charge in [-0.05, 0) is 48.1 Å². The maximum Gasteiger partial charge on any atom is 0.192 e. The van der Waals surface area contributed by atoms with Gasteiger partial charge in [-0.25, -0.2) is 14.4 Å². The van der Waals surface area contributed by atoms with Gasteiger partial charge in [-0.15, -0.1) is 0 Å². The molecule has 0 saturated heterocycles. The van der Waals surface area contributed by atoms with E-state index in [-0.39, 0.29) is 5.82 Å². The molecular weight excluding hydrogens is 249 g/mol. The van der Waals surface area contributed by atoms with Crippen LogP contribution in [0.2, 0.25) is 0 Å². The molecule has 94 valence electrons. The Morgan fingerprint density at radius 2 is 2.00 bits per heavy atom. The molecule has 2 rings (SSSR count). The summed E-state index contributed by atoms with van der Waals surface area (Å²) in [5, 5.41) is 3.80. The highest BCUT2D eigenvalue weighted by molar-refractivity contribution is 7.99. The van der Waals surface area contributed by atoms with Crippen LogP contribution in [0, 0.1) is 5.82 Å². The maximum atomic E-state index is 13.5. The lowest BCUT2D eigenvalue weighted by atomic mass is 10.2. The van der Waals surface area contributed by atoms with E-state index in [1.54, 1.807) is 24.5 Å². The molecule has 0 unspecified atom stereocenters. The number of benzene rings is 1. The number of aromatic nitrogens is 2. The molecule has 0 saturated carbocycles. The van der Waals surface area contributed by atoms with E-state index in [1.165, 1.54) is 17.8 Å². The Hall–Kier alpha value is -1.46. The number of hydrogen-bond acceptors (Lipinski definition) is 4. The fourth-order valence-corrected chi connectivity index (χ4v) is 2.31. The van der Waals surface area contributed by atoms with Crippen LogP contribution >= 0.6 is 11.8 Å².